The van der Waals surface area contributed by atoms with Gasteiger partial charge in [-0.15, -0.1) is 6.42 Å². The van der Waals surface area contributed by atoms with Crippen LogP contribution in [0.15, 0.2) is 54.7 Å². The number of fused-ring (bicyclic) bond motifs is 1. The summed E-state index contributed by atoms with van der Waals surface area (Å²) in [6.07, 6.45) is 11.0. The fourth-order valence-electron chi connectivity index (χ4n) is 4.10. The molecule has 1 aliphatic rings. The van der Waals surface area contributed by atoms with Gasteiger partial charge in [-0.05, 0) is 31.3 Å². The van der Waals surface area contributed by atoms with Gasteiger partial charge in [0.2, 0.25) is 5.91 Å². The highest BCUT2D eigenvalue weighted by Crippen LogP contribution is 2.37. The maximum absolute atomic E-state index is 12.9. The maximum atomic E-state index is 12.9. The fourth-order valence-corrected chi connectivity index (χ4v) is 4.10. The number of nitrogens with one attached hydrogen (secondary N) is 2. The molecular formula is C30H31N5O4. The Morgan fingerprint density at radius 1 is 1.36 bits per heavy atom. The average molecular weight is 526 g/mol. The number of ether oxygens (including phenoxy) is 3. The third-order valence-electron chi connectivity index (χ3n) is 6.19. The second-order valence-corrected chi connectivity index (χ2v) is 9.12. The van der Waals surface area contributed by atoms with Gasteiger partial charge in [-0.3, -0.25) is 9.78 Å². The Morgan fingerprint density at radius 2 is 2.23 bits per heavy atom. The van der Waals surface area contributed by atoms with E-state index in [0.29, 0.717) is 65.5 Å². The lowest BCUT2D eigenvalue weighted by Crippen LogP contribution is -2.23. The van der Waals surface area contributed by atoms with E-state index in [-0.39, 0.29) is 12.0 Å². The third-order valence-corrected chi connectivity index (χ3v) is 6.19. The number of terminal acetylenes is 1. The minimum Gasteiger partial charge on any atom is -0.486 e. The summed E-state index contributed by atoms with van der Waals surface area (Å²) < 4.78 is 16.8. The smallest absolute Gasteiger partial charge is 0.248 e. The number of nitrogens with zero attached hydrogens (tertiary/aromatic N) is 3. The molecule has 4 rings (SSSR count). The zero-order chi connectivity index (χ0) is 27.6. The minimum atomic E-state index is -0.303. The Balaban J connectivity index is 1.68. The summed E-state index contributed by atoms with van der Waals surface area (Å²) >= 11 is 0. The first-order valence-corrected chi connectivity index (χ1v) is 12.6. The molecule has 39 heavy (non-hydrogen) atoms. The molecule has 0 spiro atoms. The summed E-state index contributed by atoms with van der Waals surface area (Å²) in [7, 11) is 3.61. The average Bonchev–Trinajstić information content (AvgIpc) is 3.46. The van der Waals surface area contributed by atoms with Crippen molar-refractivity contribution in [1.29, 1.82) is 5.26 Å². The molecule has 9 heteroatoms. The number of rotatable bonds is 11. The van der Waals surface area contributed by atoms with Gasteiger partial charge in [0.15, 0.2) is 0 Å². The molecule has 200 valence electrons. The number of carbonyl (C=O) groups is 1. The lowest BCUT2D eigenvalue weighted by molar-refractivity contribution is -0.111. The number of hydrogen-bond acceptors (Lipinski definition) is 8. The molecule has 2 heterocycles. The Labute approximate surface area is 228 Å². The Bertz CT molecular complexity index is 1430. The first-order valence-electron chi connectivity index (χ1n) is 12.6. The van der Waals surface area contributed by atoms with Gasteiger partial charge in [0.25, 0.3) is 0 Å². The van der Waals surface area contributed by atoms with E-state index in [4.69, 9.17) is 20.6 Å². The summed E-state index contributed by atoms with van der Waals surface area (Å²) in [5.74, 6) is 2.80. The number of amides is 1. The lowest BCUT2D eigenvalue weighted by atomic mass is 10.1. The summed E-state index contributed by atoms with van der Waals surface area (Å²) in [6, 6.07) is 13.1. The molecule has 2 aromatic carbocycles. The molecule has 0 bridgehead atoms. The van der Waals surface area contributed by atoms with E-state index >= 15 is 0 Å². The van der Waals surface area contributed by atoms with Crippen molar-refractivity contribution >= 4 is 33.9 Å². The Kier molecular flexibility index (Phi) is 9.49. The molecule has 0 radical (unpaired) electrons. The number of hydrogen-bond donors (Lipinski definition) is 2. The molecular weight excluding hydrogens is 494 g/mol. The standard InChI is InChI=1S/C30H31N5O4/c1-4-21-7-5-8-23(15-21)33-30-22(18-31)19-32-26-17-28(39-24-10-13-38-20-24)27(16-25(26)30)34-29(36)9-6-11-35(2)12-14-37-3/h1,5-9,15-17,19,24H,10-14,20H2,2-3H3,(H,32,33)(H,34,36)/t24-/m0/s1. The minimum absolute atomic E-state index is 0.134. The van der Waals surface area contributed by atoms with Crippen molar-refractivity contribution in [3.63, 3.8) is 0 Å². The van der Waals surface area contributed by atoms with E-state index < -0.39 is 0 Å². The van der Waals surface area contributed by atoms with Crippen molar-refractivity contribution in [2.45, 2.75) is 12.5 Å². The fraction of sp³-hybridized carbons (Fsp3) is 0.300. The van der Waals surface area contributed by atoms with E-state index in [1.165, 1.54) is 12.3 Å². The molecule has 0 saturated carbocycles. The SMILES string of the molecule is C#Cc1cccc(Nc2c(C#N)cnc3cc(O[C@H]4CCOC4)c(NC(=O)C=CCN(C)CCOC)cc23)c1. The predicted molar refractivity (Wildman–Crippen MR) is 151 cm³/mol. The van der Waals surface area contributed by atoms with Crippen molar-refractivity contribution < 1.29 is 19.0 Å². The van der Waals surface area contributed by atoms with Crippen LogP contribution in [0.1, 0.15) is 17.5 Å². The molecule has 0 unspecified atom stereocenters. The van der Waals surface area contributed by atoms with Crippen molar-refractivity contribution in [3.05, 3.63) is 65.9 Å². The number of nitriles is 1. The van der Waals surface area contributed by atoms with Crippen molar-refractivity contribution in [2.75, 3.05) is 57.7 Å². The lowest BCUT2D eigenvalue weighted by Gasteiger charge is -2.18. The van der Waals surface area contributed by atoms with Gasteiger partial charge in [0, 0.05) is 61.6 Å². The van der Waals surface area contributed by atoms with Crippen LogP contribution in [0.25, 0.3) is 10.9 Å². The first-order chi connectivity index (χ1) is 19.0. The van der Waals surface area contributed by atoms with Crippen LogP contribution in [0.4, 0.5) is 17.1 Å². The number of pyridine rings is 1. The van der Waals surface area contributed by atoms with Crippen LogP contribution >= 0.6 is 0 Å². The summed E-state index contributed by atoms with van der Waals surface area (Å²) in [6.45, 7) is 3.05. The quantitative estimate of drug-likeness (QED) is 0.285. The van der Waals surface area contributed by atoms with Crippen LogP contribution in [0.3, 0.4) is 0 Å². The topological polar surface area (TPSA) is 109 Å². The van der Waals surface area contributed by atoms with E-state index in [9.17, 15) is 10.1 Å². The molecule has 1 saturated heterocycles. The van der Waals surface area contributed by atoms with Crippen LogP contribution in [-0.4, -0.2) is 69.0 Å². The van der Waals surface area contributed by atoms with Gasteiger partial charge in [0.1, 0.15) is 17.9 Å². The van der Waals surface area contributed by atoms with E-state index in [1.807, 2.05) is 36.2 Å². The zero-order valence-corrected chi connectivity index (χ0v) is 22.1. The number of carbonyl (C=O) groups excluding carboxylic acids is 1. The second-order valence-electron chi connectivity index (χ2n) is 9.12. The van der Waals surface area contributed by atoms with Crippen LogP contribution in [0.5, 0.6) is 5.75 Å². The van der Waals surface area contributed by atoms with Crippen LogP contribution < -0.4 is 15.4 Å². The number of methoxy groups -OCH3 is 1. The van der Waals surface area contributed by atoms with Gasteiger partial charge >= 0.3 is 0 Å². The van der Waals surface area contributed by atoms with Crippen LogP contribution in [-0.2, 0) is 14.3 Å². The zero-order valence-electron chi connectivity index (χ0n) is 22.1. The van der Waals surface area contributed by atoms with Crippen LogP contribution in [0.2, 0.25) is 0 Å². The van der Waals surface area contributed by atoms with E-state index in [2.05, 4.69) is 27.6 Å². The van der Waals surface area contributed by atoms with Gasteiger partial charge in [-0.1, -0.05) is 18.1 Å². The monoisotopic (exact) mass is 525 g/mol. The number of benzene rings is 2. The molecule has 9 nitrogen and oxygen atoms in total. The summed E-state index contributed by atoms with van der Waals surface area (Å²) in [5, 5.41) is 16.7. The van der Waals surface area contributed by atoms with Gasteiger partial charge in [-0.2, -0.15) is 5.26 Å². The van der Waals surface area contributed by atoms with Crippen molar-refractivity contribution in [3.8, 4) is 24.2 Å². The highest BCUT2D eigenvalue weighted by molar-refractivity contribution is 6.04. The molecule has 1 fully saturated rings. The van der Waals surface area contributed by atoms with Crippen molar-refractivity contribution in [2.24, 2.45) is 0 Å². The Morgan fingerprint density at radius 3 is 2.97 bits per heavy atom. The highest BCUT2D eigenvalue weighted by atomic mass is 16.5. The molecule has 1 atom stereocenters. The molecule has 2 N–H and O–H groups in total. The second kappa shape index (κ2) is 13.4. The molecule has 1 aromatic heterocycles. The molecule has 0 aliphatic carbocycles. The number of aromatic nitrogens is 1. The predicted octanol–water partition coefficient (Wildman–Crippen LogP) is 4.07. The normalized spacial score (nSPS) is 14.8. The first kappa shape index (κ1) is 27.6. The van der Waals surface area contributed by atoms with Gasteiger partial charge < -0.3 is 29.7 Å². The third kappa shape index (κ3) is 7.34. The molecule has 1 amide bonds. The van der Waals surface area contributed by atoms with Gasteiger partial charge in [0.05, 0.1) is 42.3 Å². The molecule has 1 aliphatic heterocycles. The van der Waals surface area contributed by atoms with E-state index in [0.717, 1.165) is 18.7 Å². The largest absolute Gasteiger partial charge is 0.486 e. The number of anilines is 3. The highest BCUT2D eigenvalue weighted by Gasteiger charge is 2.21. The van der Waals surface area contributed by atoms with Crippen LogP contribution in [0, 0.1) is 23.7 Å². The maximum Gasteiger partial charge on any atom is 0.248 e. The van der Waals surface area contributed by atoms with Crippen molar-refractivity contribution in [1.82, 2.24) is 9.88 Å². The summed E-state index contributed by atoms with van der Waals surface area (Å²) in [4.78, 5) is 19.4. The number of likely N-dealkylation sites (N-methyl/N-ethyl adjacent to an activating group) is 1. The summed E-state index contributed by atoms with van der Waals surface area (Å²) in [5.41, 5.74) is 3.41. The van der Waals surface area contributed by atoms with Gasteiger partial charge in [-0.25, -0.2) is 0 Å². The Hall–Kier alpha value is -4.41. The van der Waals surface area contributed by atoms with E-state index in [1.54, 1.807) is 25.3 Å². The molecule has 3 aromatic rings.